The summed E-state index contributed by atoms with van der Waals surface area (Å²) >= 11 is 0. The van der Waals surface area contributed by atoms with Crippen LogP contribution in [0.4, 0.5) is 0 Å². The molecule has 0 radical (unpaired) electrons. The molecule has 1 saturated heterocycles. The second-order valence-corrected chi connectivity index (χ2v) is 7.67. The van der Waals surface area contributed by atoms with Gasteiger partial charge in [-0.1, -0.05) is 38.1 Å². The summed E-state index contributed by atoms with van der Waals surface area (Å²) in [5.41, 5.74) is 2.19. The van der Waals surface area contributed by atoms with Crippen LogP contribution in [0.2, 0.25) is 0 Å². The Morgan fingerprint density at radius 2 is 2.04 bits per heavy atom. The largest absolute Gasteiger partial charge is 0.487 e. The third-order valence-corrected chi connectivity index (χ3v) is 4.42. The van der Waals surface area contributed by atoms with E-state index in [0.29, 0.717) is 32.6 Å². The molecule has 1 N–H and O–H groups in total. The first-order valence-corrected chi connectivity index (χ1v) is 8.82. The first kappa shape index (κ1) is 17.9. The fourth-order valence-electron chi connectivity index (χ4n) is 2.90. The lowest BCUT2D eigenvalue weighted by atomic mass is 9.87. The SMILES string of the molecule is CC(C)(C)c1ccc(OCc2cn(CC3CC(O)CCO3)nn2)cc1. The van der Waals surface area contributed by atoms with Gasteiger partial charge in [0.05, 0.1) is 24.9 Å². The summed E-state index contributed by atoms with van der Waals surface area (Å²) in [5.74, 6) is 0.821. The van der Waals surface area contributed by atoms with Crippen LogP contribution in [0.3, 0.4) is 0 Å². The molecule has 2 heterocycles. The van der Waals surface area contributed by atoms with Crippen molar-refractivity contribution in [2.45, 2.75) is 64.4 Å². The van der Waals surface area contributed by atoms with Crippen molar-refractivity contribution < 1.29 is 14.6 Å². The van der Waals surface area contributed by atoms with Crippen molar-refractivity contribution in [1.29, 1.82) is 0 Å². The van der Waals surface area contributed by atoms with Gasteiger partial charge in [0.15, 0.2) is 0 Å². The molecule has 136 valence electrons. The molecule has 1 aliphatic heterocycles. The maximum Gasteiger partial charge on any atom is 0.134 e. The molecule has 1 aromatic heterocycles. The molecule has 6 nitrogen and oxygen atoms in total. The van der Waals surface area contributed by atoms with E-state index in [-0.39, 0.29) is 17.6 Å². The third-order valence-electron chi connectivity index (χ3n) is 4.42. The van der Waals surface area contributed by atoms with E-state index in [1.807, 2.05) is 18.3 Å². The molecular formula is C19H27N3O3. The highest BCUT2D eigenvalue weighted by molar-refractivity contribution is 5.31. The Balaban J connectivity index is 1.51. The predicted octanol–water partition coefficient (Wildman–Crippen LogP) is 2.69. The fourth-order valence-corrected chi connectivity index (χ4v) is 2.90. The number of aromatic nitrogens is 3. The van der Waals surface area contributed by atoms with E-state index in [1.165, 1.54) is 5.56 Å². The Hall–Kier alpha value is -1.92. The summed E-state index contributed by atoms with van der Waals surface area (Å²) < 4.78 is 13.2. The molecule has 0 bridgehead atoms. The average molecular weight is 345 g/mol. The Kier molecular flexibility index (Phi) is 5.39. The molecule has 0 saturated carbocycles. The van der Waals surface area contributed by atoms with E-state index in [4.69, 9.17) is 9.47 Å². The van der Waals surface area contributed by atoms with E-state index in [9.17, 15) is 5.11 Å². The molecule has 0 amide bonds. The van der Waals surface area contributed by atoms with Gasteiger partial charge in [0.25, 0.3) is 0 Å². The maximum absolute atomic E-state index is 9.70. The molecule has 1 fully saturated rings. The number of benzene rings is 1. The number of hydrogen-bond acceptors (Lipinski definition) is 5. The highest BCUT2D eigenvalue weighted by atomic mass is 16.5. The molecule has 6 heteroatoms. The standard InChI is InChI=1S/C19H27N3O3/c1-19(2,3)14-4-6-17(7-5-14)25-13-15-11-22(21-20-15)12-18-10-16(23)8-9-24-18/h4-7,11,16,18,23H,8-10,12-13H2,1-3H3. The van der Waals surface area contributed by atoms with Crippen molar-refractivity contribution >= 4 is 0 Å². The third kappa shape index (κ3) is 5.03. The lowest BCUT2D eigenvalue weighted by Gasteiger charge is -2.26. The van der Waals surface area contributed by atoms with Gasteiger partial charge in [0.1, 0.15) is 18.1 Å². The molecule has 25 heavy (non-hydrogen) atoms. The number of ether oxygens (including phenoxy) is 2. The molecule has 1 aliphatic rings. The number of rotatable bonds is 5. The summed E-state index contributed by atoms with van der Waals surface area (Å²) in [7, 11) is 0. The minimum Gasteiger partial charge on any atom is -0.487 e. The van der Waals surface area contributed by atoms with Crippen molar-refractivity contribution in [1.82, 2.24) is 15.0 Å². The topological polar surface area (TPSA) is 69.4 Å². The van der Waals surface area contributed by atoms with Crippen LogP contribution in [0.1, 0.15) is 44.9 Å². The summed E-state index contributed by atoms with van der Waals surface area (Å²) in [4.78, 5) is 0. The normalized spacial score (nSPS) is 21.3. The van der Waals surface area contributed by atoms with E-state index in [2.05, 4.69) is 43.2 Å². The zero-order valence-electron chi connectivity index (χ0n) is 15.2. The molecule has 2 aromatic rings. The van der Waals surface area contributed by atoms with E-state index >= 15 is 0 Å². The van der Waals surface area contributed by atoms with Gasteiger partial charge < -0.3 is 14.6 Å². The Morgan fingerprint density at radius 3 is 2.72 bits per heavy atom. The molecule has 2 unspecified atom stereocenters. The lowest BCUT2D eigenvalue weighted by Crippen LogP contribution is -2.32. The molecule has 1 aromatic carbocycles. The maximum atomic E-state index is 9.70. The number of aliphatic hydroxyl groups is 1. The van der Waals surface area contributed by atoms with Crippen molar-refractivity contribution in [2.75, 3.05) is 6.61 Å². The van der Waals surface area contributed by atoms with E-state index < -0.39 is 0 Å². The van der Waals surface area contributed by atoms with E-state index in [0.717, 1.165) is 11.4 Å². The summed E-state index contributed by atoms with van der Waals surface area (Å²) in [6.07, 6.45) is 2.94. The quantitative estimate of drug-likeness (QED) is 0.902. The zero-order chi connectivity index (χ0) is 17.9. The van der Waals surface area contributed by atoms with Crippen LogP contribution in [0.15, 0.2) is 30.5 Å². The van der Waals surface area contributed by atoms with Gasteiger partial charge in [-0.2, -0.15) is 0 Å². The van der Waals surface area contributed by atoms with Crippen LogP contribution in [0.25, 0.3) is 0 Å². The second-order valence-electron chi connectivity index (χ2n) is 7.67. The van der Waals surface area contributed by atoms with Crippen molar-refractivity contribution in [3.63, 3.8) is 0 Å². The second kappa shape index (κ2) is 7.54. The Bertz CT molecular complexity index is 676. The van der Waals surface area contributed by atoms with Crippen LogP contribution >= 0.6 is 0 Å². The van der Waals surface area contributed by atoms with Crippen molar-refractivity contribution in [3.8, 4) is 5.75 Å². The highest BCUT2D eigenvalue weighted by Gasteiger charge is 2.21. The van der Waals surface area contributed by atoms with Gasteiger partial charge in [-0.05, 0) is 29.5 Å². The van der Waals surface area contributed by atoms with Crippen molar-refractivity contribution in [3.05, 3.63) is 41.7 Å². The summed E-state index contributed by atoms with van der Waals surface area (Å²) in [6.45, 7) is 8.15. The van der Waals surface area contributed by atoms with E-state index in [1.54, 1.807) is 4.68 Å². The first-order chi connectivity index (χ1) is 11.9. The van der Waals surface area contributed by atoms with Crippen LogP contribution in [-0.4, -0.2) is 38.9 Å². The molecule has 2 atom stereocenters. The first-order valence-electron chi connectivity index (χ1n) is 8.82. The zero-order valence-corrected chi connectivity index (χ0v) is 15.2. The monoisotopic (exact) mass is 345 g/mol. The van der Waals surface area contributed by atoms with Crippen LogP contribution in [0, 0.1) is 0 Å². The van der Waals surface area contributed by atoms with Crippen LogP contribution in [0.5, 0.6) is 5.75 Å². The Morgan fingerprint density at radius 1 is 1.28 bits per heavy atom. The van der Waals surface area contributed by atoms with Gasteiger partial charge in [0.2, 0.25) is 0 Å². The molecule has 0 spiro atoms. The van der Waals surface area contributed by atoms with Crippen LogP contribution < -0.4 is 4.74 Å². The minimum absolute atomic E-state index is 0.0100. The molecule has 3 rings (SSSR count). The minimum atomic E-state index is -0.277. The van der Waals surface area contributed by atoms with Gasteiger partial charge in [-0.15, -0.1) is 5.10 Å². The molecular weight excluding hydrogens is 318 g/mol. The Labute approximate surface area is 148 Å². The van der Waals surface area contributed by atoms with Crippen LogP contribution in [-0.2, 0) is 23.3 Å². The molecule has 0 aliphatic carbocycles. The number of hydrogen-bond donors (Lipinski definition) is 1. The predicted molar refractivity (Wildman–Crippen MR) is 94.5 cm³/mol. The average Bonchev–Trinajstić information content (AvgIpc) is 3.00. The van der Waals surface area contributed by atoms with Crippen molar-refractivity contribution in [2.24, 2.45) is 0 Å². The number of nitrogens with zero attached hydrogens (tertiary/aromatic N) is 3. The van der Waals surface area contributed by atoms with Gasteiger partial charge in [-0.25, -0.2) is 4.68 Å². The summed E-state index contributed by atoms with van der Waals surface area (Å²) in [6, 6.07) is 8.17. The van der Waals surface area contributed by atoms with Gasteiger partial charge in [0, 0.05) is 13.0 Å². The summed E-state index contributed by atoms with van der Waals surface area (Å²) in [5, 5.41) is 18.0. The van der Waals surface area contributed by atoms with Gasteiger partial charge >= 0.3 is 0 Å². The number of aliphatic hydroxyl groups excluding tert-OH is 1. The smallest absolute Gasteiger partial charge is 0.134 e. The highest BCUT2D eigenvalue weighted by Crippen LogP contribution is 2.24. The lowest BCUT2D eigenvalue weighted by molar-refractivity contribution is -0.0512. The fraction of sp³-hybridized carbons (Fsp3) is 0.579. The van der Waals surface area contributed by atoms with Gasteiger partial charge in [-0.3, -0.25) is 0 Å².